The van der Waals surface area contributed by atoms with Crippen molar-refractivity contribution in [1.82, 2.24) is 34.6 Å². The normalized spacial score (nSPS) is 16.7. The molecule has 0 spiro atoms. The maximum atomic E-state index is 13.4. The number of carbonyl (C=O) groups is 9. The topological polar surface area (TPSA) is 293 Å². The molecule has 6 heterocycles. The highest BCUT2D eigenvalue weighted by Gasteiger charge is 2.50. The number of cyclic esters (lactones) is 1. The van der Waals surface area contributed by atoms with Crippen LogP contribution in [-0.2, 0) is 43.5 Å². The van der Waals surface area contributed by atoms with Gasteiger partial charge in [0.25, 0.3) is 29.5 Å². The Hall–Kier alpha value is -11.2. The highest BCUT2D eigenvalue weighted by molar-refractivity contribution is 6.08. The number of likely N-dealkylation sites (tertiary alicyclic amines) is 1. The van der Waals surface area contributed by atoms with Crippen LogP contribution in [-0.4, -0.2) is 106 Å². The van der Waals surface area contributed by atoms with Crippen LogP contribution in [0.4, 0.5) is 22.8 Å². The van der Waals surface area contributed by atoms with E-state index in [4.69, 9.17) is 21.9 Å². The number of amides is 10. The van der Waals surface area contributed by atoms with Crippen molar-refractivity contribution in [3.8, 4) is 33.4 Å². The largest absolute Gasteiger partial charge is 0.433 e. The van der Waals surface area contributed by atoms with Gasteiger partial charge in [0, 0.05) is 29.6 Å². The summed E-state index contributed by atoms with van der Waals surface area (Å²) >= 11 is 0. The lowest BCUT2D eigenvalue weighted by atomic mass is 9.86. The Morgan fingerprint density at radius 3 is 1.12 bits per heavy atom. The first-order chi connectivity index (χ1) is 43.5. The Bertz CT molecular complexity index is 4570. The number of carbonyl (C=O) groups excluding carboxylic acids is 9. The molecule has 23 heteroatoms. The number of benzene rings is 6. The van der Waals surface area contributed by atoms with E-state index in [1.165, 1.54) is 64.9 Å². The molecule has 10 amide bonds. The van der Waals surface area contributed by atoms with Gasteiger partial charge < -0.3 is 26.8 Å². The highest BCUT2D eigenvalue weighted by Crippen LogP contribution is 2.38. The van der Waals surface area contributed by atoms with Gasteiger partial charge in [0.1, 0.15) is 40.1 Å². The first kappa shape index (κ1) is 63.8. The predicted octanol–water partition coefficient (Wildman–Crippen LogP) is 10.5. The fraction of sp³-hybridized carbons (Fsp3) is 0.217. The third-order valence-corrected chi connectivity index (χ3v) is 16.7. The van der Waals surface area contributed by atoms with Gasteiger partial charge in [0.2, 0.25) is 11.8 Å². The summed E-state index contributed by atoms with van der Waals surface area (Å²) in [5, 5.41) is 2.20. The van der Waals surface area contributed by atoms with Crippen LogP contribution in [0, 0.1) is 22.9 Å². The molecule has 3 saturated heterocycles. The van der Waals surface area contributed by atoms with Crippen LogP contribution in [0.1, 0.15) is 103 Å². The van der Waals surface area contributed by atoms with Gasteiger partial charge in [-0.25, -0.2) is 42.6 Å². The molecule has 0 radical (unpaired) electrons. The molecule has 0 saturated carbocycles. The van der Waals surface area contributed by atoms with Crippen LogP contribution in [0.5, 0.6) is 0 Å². The maximum absolute atomic E-state index is 13.4. The van der Waals surface area contributed by atoms with E-state index in [1.54, 1.807) is 118 Å². The molecule has 1 unspecified atom stereocenters. The Morgan fingerprint density at radius 1 is 0.478 bits per heavy atom. The van der Waals surface area contributed by atoms with Crippen molar-refractivity contribution in [1.29, 1.82) is 0 Å². The molecule has 0 bridgehead atoms. The minimum absolute atomic E-state index is 0.00535. The van der Waals surface area contributed by atoms with E-state index in [1.807, 2.05) is 26.0 Å². The number of likely N-dealkylation sites (N-methyl/N-ethyl adjacent to an activating group) is 1. The monoisotopic (exact) mass is 1250 g/mol. The summed E-state index contributed by atoms with van der Waals surface area (Å²) in [7, 11) is 1.59. The number of fused-ring (bicyclic) bond motifs is 3. The smallest absolute Gasteiger partial charge is 0.418 e. The molecule has 12 rings (SSSR count). The van der Waals surface area contributed by atoms with Gasteiger partial charge in [0.05, 0.1) is 41.6 Å². The molecule has 0 aliphatic carbocycles. The van der Waals surface area contributed by atoms with Crippen LogP contribution in [0.15, 0.2) is 146 Å². The van der Waals surface area contributed by atoms with Gasteiger partial charge in [-0.05, 0) is 157 Å². The summed E-state index contributed by atoms with van der Waals surface area (Å²) in [4.78, 5) is 128. The second kappa shape index (κ2) is 24.6. The zero-order valence-corrected chi connectivity index (χ0v) is 51.0. The zero-order valence-electron chi connectivity index (χ0n) is 51.0. The summed E-state index contributed by atoms with van der Waals surface area (Å²) in [6.07, 6.45) is 0.0846. The van der Waals surface area contributed by atoms with Crippen molar-refractivity contribution in [3.63, 3.8) is 0 Å². The summed E-state index contributed by atoms with van der Waals surface area (Å²) < 4.78 is 45.2. The van der Waals surface area contributed by atoms with Crippen molar-refractivity contribution in [2.24, 2.45) is 22.6 Å². The number of halogens is 3. The molecule has 3 aliphatic heterocycles. The zero-order chi connectivity index (χ0) is 66.5. The number of hydrogen-bond donors (Lipinski definition) is 3. The summed E-state index contributed by atoms with van der Waals surface area (Å²) in [5.41, 5.74) is 21.4. The molecule has 468 valence electrons. The predicted molar refractivity (Wildman–Crippen MR) is 334 cm³/mol. The lowest BCUT2D eigenvalue weighted by Crippen LogP contribution is -2.41. The number of nitrogens with zero attached hydrogens (tertiary/aromatic N) is 7. The molecule has 6 N–H and O–H groups in total. The maximum Gasteiger partial charge on any atom is 0.418 e. The minimum atomic E-state index is -1.21. The molecule has 3 fully saturated rings. The van der Waals surface area contributed by atoms with Crippen molar-refractivity contribution < 1.29 is 61.1 Å². The Morgan fingerprint density at radius 2 is 0.826 bits per heavy atom. The van der Waals surface area contributed by atoms with Crippen molar-refractivity contribution in [2.75, 3.05) is 7.05 Å². The van der Waals surface area contributed by atoms with E-state index in [-0.39, 0.29) is 84.3 Å². The molecule has 9 aromatic rings. The third kappa shape index (κ3) is 12.6. The van der Waals surface area contributed by atoms with Gasteiger partial charge >= 0.3 is 12.1 Å². The first-order valence-corrected chi connectivity index (χ1v) is 28.9. The first-order valence-electron chi connectivity index (χ1n) is 28.9. The van der Waals surface area contributed by atoms with Crippen LogP contribution in [0.3, 0.4) is 0 Å². The van der Waals surface area contributed by atoms with Crippen molar-refractivity contribution in [3.05, 3.63) is 197 Å². The van der Waals surface area contributed by atoms with Gasteiger partial charge in [-0.15, -0.1) is 0 Å². The number of ether oxygens (including phenoxy) is 1. The van der Waals surface area contributed by atoms with E-state index in [9.17, 15) is 56.3 Å². The standard InChI is InChI=1S/C24H22FN3O3.C23H21FN4O3.C22H18FN3O4/c1-3-24(2)12-21(29)28(23(24)31)13-14-4-9-17-18(15-5-7-16(25)8-6-15)11-20(22(26)30)27-19(17)10-14;1-23(2)21(30)28(22(31)27(23)3)12-13-4-9-16-17(14-5-7-15(24)8-6-14)11-19(20(25)29)26-18(16)10-13;1-22(2)20(28)26(21(29)30-22)11-12-3-8-15-16(13-4-6-14(23)7-5-13)10-18(19(24)27)25-17(15)9-12/h4-11H,3,12-13H2,1-2H3,(H2,26,30);4-11H,12H2,1-3H3,(H2,25,29);3-10H,11H2,1-2H3,(H2,24,27). The lowest BCUT2D eigenvalue weighted by molar-refractivity contribution is -0.142. The lowest BCUT2D eigenvalue weighted by Gasteiger charge is -2.22. The van der Waals surface area contributed by atoms with E-state index < -0.39 is 46.3 Å². The molecule has 6 aromatic carbocycles. The Balaban J connectivity index is 0.000000151. The molecular formula is C69H61F3N10O10. The molecule has 3 aromatic heterocycles. The van der Waals surface area contributed by atoms with E-state index >= 15 is 0 Å². The molecule has 92 heavy (non-hydrogen) atoms. The average molecular weight is 1250 g/mol. The number of pyridine rings is 3. The third-order valence-electron chi connectivity index (χ3n) is 16.7. The number of nitrogens with two attached hydrogens (primary N) is 3. The number of rotatable bonds is 13. The quantitative estimate of drug-likeness (QED) is 0.0716. The average Bonchev–Trinajstić information content (AvgIpc) is 1.46. The highest BCUT2D eigenvalue weighted by atomic mass is 19.1. The SMILES string of the molecule is CC1(C)OC(=O)N(Cc2ccc3c(-c4ccc(F)cc4)cc(C(N)=O)nc3c2)C1=O.CCC1(C)CC(=O)N(Cc2ccc3c(-c4ccc(F)cc4)cc(C(N)=O)nc3c2)C1=O.CN1C(=O)N(Cc2ccc3c(-c4ccc(F)cc4)cc(C(N)=O)nc3c2)C(=O)C1(C)C. The van der Waals surface area contributed by atoms with Crippen molar-refractivity contribution >= 4 is 86.2 Å². The minimum Gasteiger partial charge on any atom is -0.433 e. The number of hydrogen-bond acceptors (Lipinski definition) is 13. The van der Waals surface area contributed by atoms with Crippen LogP contribution in [0.2, 0.25) is 0 Å². The van der Waals surface area contributed by atoms with Gasteiger partial charge in [-0.3, -0.25) is 43.4 Å². The summed E-state index contributed by atoms with van der Waals surface area (Å²) in [6, 6.07) is 38.0. The van der Waals surface area contributed by atoms with E-state index in [2.05, 4.69) is 15.0 Å². The van der Waals surface area contributed by atoms with Crippen LogP contribution < -0.4 is 17.2 Å². The summed E-state index contributed by atoms with van der Waals surface area (Å²) in [5.74, 6) is -4.27. The molecule has 3 aliphatic rings. The van der Waals surface area contributed by atoms with Gasteiger partial charge in [-0.1, -0.05) is 86.6 Å². The van der Waals surface area contributed by atoms with Crippen LogP contribution >= 0.6 is 0 Å². The van der Waals surface area contributed by atoms with E-state index in [0.717, 1.165) is 15.7 Å². The fourth-order valence-corrected chi connectivity index (χ4v) is 11.0. The number of aromatic nitrogens is 3. The fourth-order valence-electron chi connectivity index (χ4n) is 11.0. The second-order valence-electron chi connectivity index (χ2n) is 23.8. The molecular weight excluding hydrogens is 1190 g/mol. The number of urea groups is 1. The van der Waals surface area contributed by atoms with Gasteiger partial charge in [-0.2, -0.15) is 0 Å². The Kier molecular flexibility index (Phi) is 17.1. The molecule has 1 atom stereocenters. The van der Waals surface area contributed by atoms with Crippen LogP contribution in [0.25, 0.3) is 66.1 Å². The summed E-state index contributed by atoms with van der Waals surface area (Å²) in [6.45, 7) is 10.4. The second-order valence-corrected chi connectivity index (χ2v) is 23.8. The molecule has 20 nitrogen and oxygen atoms in total. The Labute approximate surface area is 524 Å². The number of imide groups is 3. The van der Waals surface area contributed by atoms with Crippen molar-refractivity contribution in [2.45, 2.75) is 85.2 Å². The van der Waals surface area contributed by atoms with Gasteiger partial charge in [0.15, 0.2) is 5.60 Å². The van der Waals surface area contributed by atoms with E-state index in [0.29, 0.717) is 78.4 Å². The number of primary amides is 3.